The number of aromatic nitrogens is 4. The molecule has 0 saturated heterocycles. The molecule has 0 spiro atoms. The molecule has 1 unspecified atom stereocenters. The molecule has 3 aromatic rings. The van der Waals surface area contributed by atoms with Gasteiger partial charge in [0, 0.05) is 10.8 Å². The zero-order valence-corrected chi connectivity index (χ0v) is 15.7. The van der Waals surface area contributed by atoms with Crippen LogP contribution in [0.1, 0.15) is 25.3 Å². The molecule has 0 saturated carbocycles. The molecule has 0 amide bonds. The predicted octanol–water partition coefficient (Wildman–Crippen LogP) is 2.61. The van der Waals surface area contributed by atoms with Crippen molar-refractivity contribution in [3.05, 3.63) is 45.3 Å². The molecule has 2 heterocycles. The number of benzene rings is 1. The highest BCUT2D eigenvalue weighted by molar-refractivity contribution is 7.92. The van der Waals surface area contributed by atoms with E-state index in [4.69, 9.17) is 22.1 Å². The maximum atomic E-state index is 12.6. The number of hydrogen-bond acceptors (Lipinski definition) is 6. The van der Waals surface area contributed by atoms with Crippen LogP contribution in [0.3, 0.4) is 0 Å². The van der Waals surface area contributed by atoms with Crippen LogP contribution >= 0.6 is 11.6 Å². The summed E-state index contributed by atoms with van der Waals surface area (Å²) in [5, 5.41) is 0.457. The van der Waals surface area contributed by atoms with E-state index >= 15 is 0 Å². The van der Waals surface area contributed by atoms with Crippen molar-refractivity contribution < 1.29 is 4.21 Å². The lowest BCUT2D eigenvalue weighted by Gasteiger charge is -2.08. The molecule has 0 aliphatic carbocycles. The van der Waals surface area contributed by atoms with E-state index in [0.717, 1.165) is 12.0 Å². The first-order valence-electron chi connectivity index (χ1n) is 8.09. The van der Waals surface area contributed by atoms with Crippen molar-refractivity contribution in [3.8, 4) is 0 Å². The van der Waals surface area contributed by atoms with Crippen molar-refractivity contribution in [3.63, 3.8) is 0 Å². The molecular formula is C16H19ClN6O2S. The van der Waals surface area contributed by atoms with E-state index in [0.29, 0.717) is 11.4 Å². The van der Waals surface area contributed by atoms with Gasteiger partial charge in [0.15, 0.2) is 11.5 Å². The summed E-state index contributed by atoms with van der Waals surface area (Å²) in [4.78, 5) is 23.2. The SMILES string of the molecule is CCCCS(=N)(=O)c1nc(N)c2[nH]c(=O)n(Cc3ccc(Cl)cc3)c2n1. The molecule has 0 bridgehead atoms. The van der Waals surface area contributed by atoms with Crippen LogP contribution in [0, 0.1) is 4.78 Å². The number of nitrogens with one attached hydrogen (secondary N) is 2. The average Bonchev–Trinajstić information content (AvgIpc) is 2.92. The molecule has 0 aliphatic heterocycles. The summed E-state index contributed by atoms with van der Waals surface area (Å²) < 4.78 is 22.1. The number of nitrogens with two attached hydrogens (primary N) is 1. The third kappa shape index (κ3) is 3.58. The molecule has 3 rings (SSSR count). The summed E-state index contributed by atoms with van der Waals surface area (Å²) in [6, 6.07) is 7.06. The average molecular weight is 395 g/mol. The Hall–Kier alpha value is -2.39. The summed E-state index contributed by atoms with van der Waals surface area (Å²) in [6.45, 7) is 2.18. The lowest BCUT2D eigenvalue weighted by molar-refractivity contribution is 0.662. The van der Waals surface area contributed by atoms with Gasteiger partial charge in [0.1, 0.15) is 15.2 Å². The van der Waals surface area contributed by atoms with Crippen molar-refractivity contribution in [1.82, 2.24) is 19.5 Å². The lowest BCUT2D eigenvalue weighted by atomic mass is 10.2. The van der Waals surface area contributed by atoms with Gasteiger partial charge in [-0.25, -0.2) is 18.8 Å². The number of unbranched alkanes of at least 4 members (excludes halogenated alkanes) is 1. The van der Waals surface area contributed by atoms with E-state index in [1.165, 1.54) is 4.57 Å². The van der Waals surface area contributed by atoms with Gasteiger partial charge in [0.2, 0.25) is 5.16 Å². The molecule has 10 heteroatoms. The van der Waals surface area contributed by atoms with E-state index in [-0.39, 0.29) is 34.4 Å². The molecular weight excluding hydrogens is 376 g/mol. The fourth-order valence-electron chi connectivity index (χ4n) is 2.54. The number of nitrogen functional groups attached to an aromatic ring is 1. The Kier molecular flexibility index (Phi) is 5.01. The van der Waals surface area contributed by atoms with Crippen LogP contribution in [0.15, 0.2) is 34.2 Å². The Morgan fingerprint density at radius 1 is 1.31 bits per heavy atom. The molecule has 2 aromatic heterocycles. The first kappa shape index (κ1) is 18.4. The number of fused-ring (bicyclic) bond motifs is 1. The third-order valence-corrected chi connectivity index (χ3v) is 5.85. The Morgan fingerprint density at radius 2 is 2.00 bits per heavy atom. The standard InChI is InChI=1S/C16H19ClN6O2S/c1-2-3-8-26(19,25)15-21-13(18)12-14(22-15)23(16(24)20-12)9-10-4-6-11(17)7-5-10/h4-7,19H,2-3,8-9H2,1H3,(H,20,24)(H2,18,21,22). The summed E-state index contributed by atoms with van der Waals surface area (Å²) in [5.41, 5.74) is 6.87. The van der Waals surface area contributed by atoms with Gasteiger partial charge in [0.05, 0.1) is 6.54 Å². The van der Waals surface area contributed by atoms with E-state index in [2.05, 4.69) is 15.0 Å². The maximum Gasteiger partial charge on any atom is 0.328 e. The van der Waals surface area contributed by atoms with Gasteiger partial charge >= 0.3 is 5.69 Å². The quantitative estimate of drug-likeness (QED) is 0.553. The highest BCUT2D eigenvalue weighted by atomic mass is 35.5. The Labute approximate surface area is 155 Å². The normalized spacial score (nSPS) is 13.8. The van der Waals surface area contributed by atoms with Gasteiger partial charge in [-0.05, 0) is 24.1 Å². The molecule has 26 heavy (non-hydrogen) atoms. The largest absolute Gasteiger partial charge is 0.382 e. The number of hydrogen-bond donors (Lipinski definition) is 3. The molecule has 0 radical (unpaired) electrons. The molecule has 1 atom stereocenters. The molecule has 1 aromatic carbocycles. The topological polar surface area (TPSA) is 131 Å². The van der Waals surface area contributed by atoms with Crippen molar-refractivity contribution >= 4 is 38.3 Å². The fraction of sp³-hybridized carbons (Fsp3) is 0.312. The maximum absolute atomic E-state index is 12.6. The van der Waals surface area contributed by atoms with E-state index in [1.54, 1.807) is 24.3 Å². The van der Waals surface area contributed by atoms with Crippen LogP contribution in [0.25, 0.3) is 11.2 Å². The second-order valence-electron chi connectivity index (χ2n) is 5.97. The van der Waals surface area contributed by atoms with Gasteiger partial charge in [0.25, 0.3) is 0 Å². The second-order valence-corrected chi connectivity index (χ2v) is 8.53. The first-order chi connectivity index (χ1) is 12.3. The van der Waals surface area contributed by atoms with Crippen molar-refractivity contribution in [1.29, 1.82) is 4.78 Å². The van der Waals surface area contributed by atoms with Crippen LogP contribution < -0.4 is 11.4 Å². The van der Waals surface area contributed by atoms with Crippen LogP contribution in [0.2, 0.25) is 5.02 Å². The highest BCUT2D eigenvalue weighted by Gasteiger charge is 2.19. The minimum atomic E-state index is -3.17. The van der Waals surface area contributed by atoms with E-state index in [1.807, 2.05) is 6.92 Å². The number of anilines is 1. The summed E-state index contributed by atoms with van der Waals surface area (Å²) in [6.07, 6.45) is 1.42. The van der Waals surface area contributed by atoms with Gasteiger partial charge < -0.3 is 10.7 Å². The molecule has 0 aliphatic rings. The second kappa shape index (κ2) is 7.08. The first-order valence-corrected chi connectivity index (χ1v) is 10.2. The molecule has 4 N–H and O–H groups in total. The third-order valence-electron chi connectivity index (χ3n) is 3.96. The fourth-order valence-corrected chi connectivity index (χ4v) is 4.02. The predicted molar refractivity (Wildman–Crippen MR) is 102 cm³/mol. The van der Waals surface area contributed by atoms with E-state index < -0.39 is 15.4 Å². The lowest BCUT2D eigenvalue weighted by Crippen LogP contribution is -2.18. The minimum Gasteiger partial charge on any atom is -0.382 e. The summed E-state index contributed by atoms with van der Waals surface area (Å²) in [7, 11) is -3.17. The summed E-state index contributed by atoms with van der Waals surface area (Å²) in [5.74, 6) is 0.161. The zero-order valence-electron chi connectivity index (χ0n) is 14.2. The number of imidazole rings is 1. The smallest absolute Gasteiger partial charge is 0.328 e. The van der Waals surface area contributed by atoms with Gasteiger partial charge in [-0.2, -0.15) is 4.98 Å². The van der Waals surface area contributed by atoms with Crippen molar-refractivity contribution in [2.45, 2.75) is 31.5 Å². The van der Waals surface area contributed by atoms with Crippen molar-refractivity contribution in [2.24, 2.45) is 0 Å². The molecule has 0 fully saturated rings. The number of H-pyrrole nitrogens is 1. The van der Waals surface area contributed by atoms with Crippen LogP contribution in [0.5, 0.6) is 0 Å². The Morgan fingerprint density at radius 3 is 2.65 bits per heavy atom. The Bertz CT molecular complexity index is 1100. The van der Waals surface area contributed by atoms with Crippen LogP contribution in [-0.2, 0) is 16.3 Å². The Balaban J connectivity index is 2.11. The molecule has 138 valence electrons. The van der Waals surface area contributed by atoms with Gasteiger partial charge in [-0.3, -0.25) is 4.57 Å². The monoisotopic (exact) mass is 394 g/mol. The van der Waals surface area contributed by atoms with Crippen molar-refractivity contribution in [2.75, 3.05) is 11.5 Å². The summed E-state index contributed by atoms with van der Waals surface area (Å²) >= 11 is 5.89. The zero-order chi connectivity index (χ0) is 18.9. The number of nitrogens with zero attached hydrogens (tertiary/aromatic N) is 3. The number of rotatable bonds is 6. The number of halogens is 1. The highest BCUT2D eigenvalue weighted by Crippen LogP contribution is 2.19. The minimum absolute atomic E-state index is 0.00781. The van der Waals surface area contributed by atoms with Gasteiger partial charge in [-0.1, -0.05) is 37.1 Å². The van der Waals surface area contributed by atoms with Crippen LogP contribution in [-0.4, -0.2) is 29.5 Å². The van der Waals surface area contributed by atoms with Gasteiger partial charge in [-0.15, -0.1) is 0 Å². The van der Waals surface area contributed by atoms with E-state index in [9.17, 15) is 9.00 Å². The van der Waals surface area contributed by atoms with Crippen LogP contribution in [0.4, 0.5) is 5.82 Å². The molecule has 8 nitrogen and oxygen atoms in total. The number of aromatic amines is 1.